The maximum Gasteiger partial charge on any atom is 0.416 e. The van der Waals surface area contributed by atoms with Crippen LogP contribution in [0.2, 0.25) is 0 Å². The first-order chi connectivity index (χ1) is 28.1. The first kappa shape index (κ1) is 44.4. The largest absolute Gasteiger partial charge is 0.416 e. The average Bonchev–Trinajstić information content (AvgIpc) is 3.19. The lowest BCUT2D eigenvalue weighted by atomic mass is 9.94. The third-order valence-electron chi connectivity index (χ3n) is 9.70. The Morgan fingerprint density at radius 1 is 0.367 bits per heavy atom. The molecule has 0 radical (unpaired) electrons. The second kappa shape index (κ2) is 16.7. The third kappa shape index (κ3) is 8.82. The number of halogens is 3. The fraction of sp³-hybridized carbons (Fsp3) is 0.163. The highest BCUT2D eigenvalue weighted by molar-refractivity contribution is 8.04. The van der Waals surface area contributed by atoms with Gasteiger partial charge in [0.15, 0.2) is 0 Å². The molecule has 0 spiro atoms. The van der Waals surface area contributed by atoms with Crippen LogP contribution < -0.4 is 0 Å². The Balaban J connectivity index is 1.83. The molecule has 6 aromatic rings. The first-order valence-corrected chi connectivity index (χ1v) is 23.9. The van der Waals surface area contributed by atoms with E-state index in [1.807, 2.05) is 0 Å². The van der Waals surface area contributed by atoms with Crippen molar-refractivity contribution in [3.05, 3.63) is 191 Å². The molecular formula is C43H39F3N2O8S4. The monoisotopic (exact) mass is 896 g/mol. The lowest BCUT2D eigenvalue weighted by Gasteiger charge is -2.40. The molecule has 0 bridgehead atoms. The minimum absolute atomic E-state index is 0.0118. The van der Waals surface area contributed by atoms with Gasteiger partial charge < -0.3 is 0 Å². The maximum absolute atomic E-state index is 15.3. The van der Waals surface area contributed by atoms with E-state index in [9.17, 15) is 13.2 Å². The van der Waals surface area contributed by atoms with Crippen LogP contribution in [0.15, 0.2) is 171 Å². The van der Waals surface area contributed by atoms with E-state index in [2.05, 4.69) is 0 Å². The zero-order valence-corrected chi connectivity index (χ0v) is 35.8. The third-order valence-corrected chi connectivity index (χ3v) is 18.3. The lowest BCUT2D eigenvalue weighted by molar-refractivity contribution is -0.137. The van der Waals surface area contributed by atoms with E-state index in [1.54, 1.807) is 27.7 Å². The summed E-state index contributed by atoms with van der Waals surface area (Å²) in [4.78, 5) is -2.32. The molecule has 0 aliphatic carbocycles. The standard InChI is InChI=1S/C43H39F3N2O8S4/c1-30-10-22-37(23-11-30)57(49,50)47(58(51,52)38-24-12-31(2)13-25-38)41(34-8-6-5-7-9-34)42(35-18-20-36(21-19-35)43(44,45)46)48(59(53,54)39-26-14-32(3)15-27-39)60(55,56)40-28-16-33(4)17-29-40/h5-29,41-42H,1-4H3/t41-,42+/m0/s1. The first-order valence-electron chi connectivity index (χ1n) is 18.1. The topological polar surface area (TPSA) is 143 Å². The van der Waals surface area contributed by atoms with Crippen molar-refractivity contribution >= 4 is 40.1 Å². The summed E-state index contributed by atoms with van der Waals surface area (Å²) >= 11 is 0. The molecule has 10 nitrogen and oxygen atoms in total. The van der Waals surface area contributed by atoms with Crippen LogP contribution in [0.1, 0.15) is 51.0 Å². The summed E-state index contributed by atoms with van der Waals surface area (Å²) in [5, 5.41) is 0. The van der Waals surface area contributed by atoms with Crippen LogP contribution in [-0.4, -0.2) is 41.1 Å². The van der Waals surface area contributed by atoms with Crippen molar-refractivity contribution in [1.29, 1.82) is 0 Å². The van der Waals surface area contributed by atoms with E-state index in [1.165, 1.54) is 78.9 Å². The van der Waals surface area contributed by atoms with E-state index in [0.717, 1.165) is 60.7 Å². The quantitative estimate of drug-likeness (QED) is 0.112. The number of nitrogens with zero attached hydrogens (tertiary/aromatic N) is 2. The molecule has 17 heteroatoms. The van der Waals surface area contributed by atoms with Crippen LogP contribution in [0.4, 0.5) is 13.2 Å². The molecule has 0 aromatic heterocycles. The summed E-state index contributed by atoms with van der Waals surface area (Å²) in [6, 6.07) is 25.0. The van der Waals surface area contributed by atoms with Gasteiger partial charge >= 0.3 is 6.18 Å². The molecule has 0 N–H and O–H groups in total. The minimum atomic E-state index is -5.43. The Morgan fingerprint density at radius 2 is 0.617 bits per heavy atom. The smallest absolute Gasteiger partial charge is 0.206 e. The van der Waals surface area contributed by atoms with Crippen LogP contribution in [0.5, 0.6) is 0 Å². The maximum atomic E-state index is 15.3. The highest BCUT2D eigenvalue weighted by atomic mass is 32.3. The molecule has 6 rings (SSSR count). The predicted molar refractivity (Wildman–Crippen MR) is 221 cm³/mol. The number of rotatable bonds is 13. The lowest BCUT2D eigenvalue weighted by Crippen LogP contribution is -2.49. The molecule has 60 heavy (non-hydrogen) atoms. The minimum Gasteiger partial charge on any atom is -0.206 e. The van der Waals surface area contributed by atoms with E-state index in [4.69, 9.17) is 0 Å². The van der Waals surface area contributed by atoms with Crippen molar-refractivity contribution in [2.45, 2.75) is 65.5 Å². The van der Waals surface area contributed by atoms with E-state index in [0.29, 0.717) is 34.4 Å². The Hall–Kier alpha value is -5.17. The van der Waals surface area contributed by atoms with Gasteiger partial charge in [-0.1, -0.05) is 121 Å². The summed E-state index contributed by atoms with van der Waals surface area (Å²) in [5.41, 5.74) is 0.452. The van der Waals surface area contributed by atoms with Crippen molar-refractivity contribution < 1.29 is 46.8 Å². The molecule has 0 aliphatic rings. The predicted octanol–water partition coefficient (Wildman–Crippen LogP) is 8.88. The van der Waals surface area contributed by atoms with Gasteiger partial charge in [0.05, 0.1) is 37.2 Å². The Kier molecular flexibility index (Phi) is 12.4. The second-order valence-electron chi connectivity index (χ2n) is 14.1. The van der Waals surface area contributed by atoms with Gasteiger partial charge in [0, 0.05) is 0 Å². The molecule has 0 aliphatic heterocycles. The summed E-state index contributed by atoms with van der Waals surface area (Å²) in [7, 11) is -21.6. The fourth-order valence-corrected chi connectivity index (χ4v) is 14.5. The molecule has 314 valence electrons. The molecule has 0 unspecified atom stereocenters. The molecule has 0 saturated carbocycles. The summed E-state index contributed by atoms with van der Waals surface area (Å²) in [6.07, 6.45) is -4.91. The fourth-order valence-electron chi connectivity index (χ4n) is 6.47. The zero-order chi connectivity index (χ0) is 43.8. The van der Waals surface area contributed by atoms with Gasteiger partial charge in [0.25, 0.3) is 40.1 Å². The SMILES string of the molecule is Cc1ccc(S(=O)(=O)N([C@H](c2ccc(C(F)(F)F)cc2)[C@H](c2ccccc2)N(S(=O)(=O)c2ccc(C)cc2)S(=O)(=O)c2ccc(C)cc2)S(=O)(=O)c2ccc(C)cc2)cc1. The van der Waals surface area contributed by atoms with Gasteiger partial charge in [0.2, 0.25) is 0 Å². The van der Waals surface area contributed by atoms with Crippen molar-refractivity contribution in [3.63, 3.8) is 0 Å². The summed E-state index contributed by atoms with van der Waals surface area (Å²) < 4.78 is 165. The highest BCUT2D eigenvalue weighted by Gasteiger charge is 2.54. The molecule has 0 saturated heterocycles. The van der Waals surface area contributed by atoms with E-state index in [-0.39, 0.29) is 13.0 Å². The normalized spacial score (nSPS) is 13.9. The Morgan fingerprint density at radius 3 is 0.867 bits per heavy atom. The van der Waals surface area contributed by atoms with Gasteiger partial charge in [-0.05, 0) is 99.5 Å². The number of hydrogen-bond acceptors (Lipinski definition) is 8. The van der Waals surface area contributed by atoms with Crippen molar-refractivity contribution in [2.75, 3.05) is 0 Å². The highest BCUT2D eigenvalue weighted by Crippen LogP contribution is 2.48. The van der Waals surface area contributed by atoms with Gasteiger partial charge in [-0.25, -0.2) is 33.7 Å². The van der Waals surface area contributed by atoms with Crippen LogP contribution in [0.3, 0.4) is 0 Å². The molecule has 0 fully saturated rings. The van der Waals surface area contributed by atoms with Crippen LogP contribution in [0.25, 0.3) is 0 Å². The number of aryl methyl sites for hydroxylation is 4. The van der Waals surface area contributed by atoms with Crippen LogP contribution in [0, 0.1) is 27.7 Å². The number of sulfonamides is 4. The zero-order valence-electron chi connectivity index (χ0n) is 32.5. The van der Waals surface area contributed by atoms with Crippen LogP contribution >= 0.6 is 0 Å². The van der Waals surface area contributed by atoms with Crippen molar-refractivity contribution in [3.8, 4) is 0 Å². The van der Waals surface area contributed by atoms with Crippen molar-refractivity contribution in [1.82, 2.24) is 7.42 Å². The Labute approximate surface area is 348 Å². The Bertz CT molecular complexity index is 2780. The number of hydrogen-bond donors (Lipinski definition) is 0. The molecule has 2 atom stereocenters. The number of alkyl halides is 3. The molecule has 0 heterocycles. The second-order valence-corrected chi connectivity index (χ2v) is 21.9. The van der Waals surface area contributed by atoms with Gasteiger partial charge in [-0.15, -0.1) is 0 Å². The van der Waals surface area contributed by atoms with E-state index >= 15 is 33.7 Å². The molecular weight excluding hydrogens is 858 g/mol. The summed E-state index contributed by atoms with van der Waals surface area (Å²) in [5.74, 6) is 0. The van der Waals surface area contributed by atoms with Gasteiger partial charge in [0.1, 0.15) is 0 Å². The average molecular weight is 897 g/mol. The van der Waals surface area contributed by atoms with Crippen molar-refractivity contribution in [2.24, 2.45) is 0 Å². The molecule has 6 aromatic carbocycles. The van der Waals surface area contributed by atoms with Gasteiger partial charge in [-0.3, -0.25) is 0 Å². The van der Waals surface area contributed by atoms with Gasteiger partial charge in [-0.2, -0.15) is 13.2 Å². The van der Waals surface area contributed by atoms with Crippen LogP contribution in [-0.2, 0) is 46.3 Å². The van der Waals surface area contributed by atoms with E-state index < -0.39 is 89.1 Å². The molecule has 0 amide bonds. The number of benzene rings is 6. The summed E-state index contributed by atoms with van der Waals surface area (Å²) in [6.45, 7) is 6.62.